The highest BCUT2D eigenvalue weighted by atomic mass is 16.3. The third-order valence-corrected chi connectivity index (χ3v) is 12.6. The van der Waals surface area contributed by atoms with Crippen LogP contribution in [0.2, 0.25) is 0 Å². The molecule has 5 aliphatic carbocycles. The second-order valence-electron chi connectivity index (χ2n) is 14.9. The van der Waals surface area contributed by atoms with E-state index >= 15 is 0 Å². The van der Waals surface area contributed by atoms with E-state index in [4.69, 9.17) is 0 Å². The van der Waals surface area contributed by atoms with Crippen LogP contribution in [0.1, 0.15) is 86.5 Å². The Labute approximate surface area is 243 Å². The van der Waals surface area contributed by atoms with Crippen molar-refractivity contribution in [2.75, 3.05) is 19.8 Å². The van der Waals surface area contributed by atoms with Gasteiger partial charge in [-0.3, -0.25) is 4.79 Å². The molecule has 0 unspecified atom stereocenters. The van der Waals surface area contributed by atoms with Gasteiger partial charge in [-0.1, -0.05) is 45.4 Å². The van der Waals surface area contributed by atoms with Crippen molar-refractivity contribution in [1.82, 2.24) is 10.6 Å². The lowest BCUT2D eigenvalue weighted by molar-refractivity contribution is -0.152. The Morgan fingerprint density at radius 3 is 2.22 bits per heavy atom. The van der Waals surface area contributed by atoms with E-state index in [1.165, 1.54) is 5.57 Å². The molecule has 2 amide bonds. The third kappa shape index (κ3) is 4.19. The molecule has 0 saturated heterocycles. The van der Waals surface area contributed by atoms with Crippen LogP contribution >= 0.6 is 0 Å². The second kappa shape index (κ2) is 9.55. The molecule has 8 nitrogen and oxygen atoms in total. The Balaban J connectivity index is 1.48. The van der Waals surface area contributed by atoms with Gasteiger partial charge in [-0.25, -0.2) is 4.79 Å². The molecule has 8 heteroatoms. The quantitative estimate of drug-likeness (QED) is 0.291. The zero-order valence-corrected chi connectivity index (χ0v) is 25.5. The van der Waals surface area contributed by atoms with Crippen molar-refractivity contribution >= 4 is 11.8 Å². The van der Waals surface area contributed by atoms with E-state index in [1.54, 1.807) is 6.08 Å². The summed E-state index contributed by atoms with van der Waals surface area (Å²) >= 11 is 0. The first-order chi connectivity index (χ1) is 19.1. The number of ketones is 1. The Bertz CT molecular complexity index is 1280. The summed E-state index contributed by atoms with van der Waals surface area (Å²) in [7, 11) is 0. The summed E-state index contributed by atoms with van der Waals surface area (Å²) in [6, 6.07) is -0.499. The molecule has 226 valence electrons. The van der Waals surface area contributed by atoms with Crippen molar-refractivity contribution in [1.29, 1.82) is 0 Å². The molecular formula is C33H48N2O6. The first-order valence-electron chi connectivity index (χ1n) is 15.1. The molecule has 0 heterocycles. The largest absolute Gasteiger partial charge is 0.504 e. The molecule has 5 rings (SSSR count). The normalized spacial score (nSPS) is 40.3. The van der Waals surface area contributed by atoms with E-state index in [0.29, 0.717) is 11.5 Å². The fourth-order valence-corrected chi connectivity index (χ4v) is 9.39. The molecule has 0 spiro atoms. The van der Waals surface area contributed by atoms with Gasteiger partial charge in [0.25, 0.3) is 0 Å². The third-order valence-electron chi connectivity index (χ3n) is 12.6. The Hall–Kier alpha value is -2.42. The molecule has 0 radical (unpaired) electrons. The molecule has 0 aromatic carbocycles. The Kier molecular flexibility index (Phi) is 7.00. The van der Waals surface area contributed by atoms with Gasteiger partial charge in [0.1, 0.15) is 5.54 Å². The van der Waals surface area contributed by atoms with Crippen LogP contribution in [0.3, 0.4) is 0 Å². The van der Waals surface area contributed by atoms with Crippen molar-refractivity contribution in [2.45, 2.75) is 97.6 Å². The van der Waals surface area contributed by atoms with Gasteiger partial charge in [0.2, 0.25) is 5.78 Å². The van der Waals surface area contributed by atoms with Gasteiger partial charge < -0.3 is 31.1 Å². The number of carbonyl (C=O) groups excluding carboxylic acids is 2. The van der Waals surface area contributed by atoms with Gasteiger partial charge in [0.15, 0.2) is 5.76 Å². The van der Waals surface area contributed by atoms with E-state index in [1.807, 2.05) is 6.92 Å². The molecule has 0 aromatic rings. The van der Waals surface area contributed by atoms with E-state index < -0.39 is 36.9 Å². The van der Waals surface area contributed by atoms with Gasteiger partial charge in [-0.15, -0.1) is 0 Å². The predicted octanol–water partition coefficient (Wildman–Crippen LogP) is 4.38. The van der Waals surface area contributed by atoms with Crippen LogP contribution in [0, 0.1) is 27.6 Å². The van der Waals surface area contributed by atoms with Crippen LogP contribution < -0.4 is 10.6 Å². The number of amides is 2. The second-order valence-corrected chi connectivity index (χ2v) is 14.9. The summed E-state index contributed by atoms with van der Waals surface area (Å²) in [5, 5.41) is 45.2. The van der Waals surface area contributed by atoms with Gasteiger partial charge in [-0.2, -0.15) is 0 Å². The Morgan fingerprint density at radius 2 is 1.59 bits per heavy atom. The summed E-state index contributed by atoms with van der Waals surface area (Å²) in [4.78, 5) is 25.8. The fourth-order valence-electron chi connectivity index (χ4n) is 9.39. The van der Waals surface area contributed by atoms with Crippen LogP contribution in [0.4, 0.5) is 4.79 Å². The highest BCUT2D eigenvalue weighted by Crippen LogP contribution is 2.75. The van der Waals surface area contributed by atoms with Gasteiger partial charge in [0, 0.05) is 16.5 Å². The molecule has 6 atom stereocenters. The molecular weight excluding hydrogens is 520 g/mol. The first kappa shape index (κ1) is 30.1. The molecule has 41 heavy (non-hydrogen) atoms. The number of nitrogens with one attached hydrogen (secondary N) is 2. The average Bonchev–Trinajstić information content (AvgIpc) is 2.93. The zero-order chi connectivity index (χ0) is 30.2. The van der Waals surface area contributed by atoms with Crippen LogP contribution in [0.5, 0.6) is 0 Å². The standard InChI is InChI=1S/C33H48N2O6/c1-20-21-7-8-24-30(4,22(21)15-23(39)26(20)40)12-14-32(6)25-16-29(3,11-9-28(25,2)10-13-31(24,32)5)34-27(41)35-33(17-36,18-37)19-38/h7-8,15,25,36-38,40H,9-14,16-19H2,1-6H3,(H2,34,35,41)/t25-,28-,29-,30+,31-,32+/m1/s1. The lowest BCUT2D eigenvalue weighted by Gasteiger charge is -2.70. The van der Waals surface area contributed by atoms with E-state index in [2.05, 4.69) is 57.4 Å². The lowest BCUT2D eigenvalue weighted by Crippen LogP contribution is -2.66. The summed E-state index contributed by atoms with van der Waals surface area (Å²) in [6.07, 6.45) is 12.6. The van der Waals surface area contributed by atoms with Crippen molar-refractivity contribution < 1.29 is 30.0 Å². The minimum atomic E-state index is -1.48. The van der Waals surface area contributed by atoms with E-state index in [-0.39, 0.29) is 33.2 Å². The summed E-state index contributed by atoms with van der Waals surface area (Å²) in [5.41, 5.74) is 1.72. The van der Waals surface area contributed by atoms with Crippen molar-refractivity contribution in [3.05, 3.63) is 46.3 Å². The zero-order valence-electron chi connectivity index (χ0n) is 25.5. The molecule has 3 fully saturated rings. The molecule has 5 aliphatic rings. The minimum absolute atomic E-state index is 0.0478. The molecule has 3 saturated carbocycles. The topological polar surface area (TPSA) is 139 Å². The van der Waals surface area contributed by atoms with Gasteiger partial charge in [0.05, 0.1) is 19.8 Å². The van der Waals surface area contributed by atoms with Crippen molar-refractivity contribution in [3.63, 3.8) is 0 Å². The number of carbonyl (C=O) groups is 2. The highest BCUT2D eigenvalue weighted by Gasteiger charge is 2.66. The van der Waals surface area contributed by atoms with E-state index in [0.717, 1.165) is 56.1 Å². The van der Waals surface area contributed by atoms with Crippen molar-refractivity contribution in [2.24, 2.45) is 27.6 Å². The number of aliphatic hydroxyl groups excluding tert-OH is 4. The smallest absolute Gasteiger partial charge is 0.315 e. The first-order valence-corrected chi connectivity index (χ1v) is 15.1. The molecule has 6 N–H and O–H groups in total. The summed E-state index contributed by atoms with van der Waals surface area (Å²) in [6.45, 7) is 11.7. The number of urea groups is 1. The molecule has 0 aromatic heterocycles. The SMILES string of the molecule is CC1=C(O)C(=O)C=C2C1=CC=C1[C@@]2(C)CC[C@@]2(C)[C@@H]3C[C@](C)(NC(=O)NC(CO)(CO)CO)CC[C@]3(C)CC[C@]12C. The fraction of sp³-hybridized carbons (Fsp3) is 0.697. The van der Waals surface area contributed by atoms with Crippen LogP contribution in [0.15, 0.2) is 46.3 Å². The minimum Gasteiger partial charge on any atom is -0.504 e. The maximum absolute atomic E-state index is 13.1. The van der Waals surface area contributed by atoms with E-state index in [9.17, 15) is 30.0 Å². The predicted molar refractivity (Wildman–Crippen MR) is 157 cm³/mol. The molecule has 0 bridgehead atoms. The number of hydrogen-bond donors (Lipinski definition) is 6. The number of aliphatic hydroxyl groups is 4. The summed E-state index contributed by atoms with van der Waals surface area (Å²) in [5.74, 6) is -0.144. The number of fused-ring (bicyclic) bond motifs is 7. The number of allylic oxidation sites excluding steroid dienone is 7. The molecule has 0 aliphatic heterocycles. The number of rotatable bonds is 5. The maximum Gasteiger partial charge on any atom is 0.315 e. The summed E-state index contributed by atoms with van der Waals surface area (Å²) < 4.78 is 0. The monoisotopic (exact) mass is 568 g/mol. The Morgan fingerprint density at radius 1 is 0.951 bits per heavy atom. The highest BCUT2D eigenvalue weighted by molar-refractivity contribution is 6.06. The van der Waals surface area contributed by atoms with Crippen LogP contribution in [0.25, 0.3) is 0 Å². The average molecular weight is 569 g/mol. The van der Waals surface area contributed by atoms with Gasteiger partial charge >= 0.3 is 6.03 Å². The van der Waals surface area contributed by atoms with Gasteiger partial charge in [-0.05, 0) is 98.2 Å². The van der Waals surface area contributed by atoms with Crippen molar-refractivity contribution in [3.8, 4) is 0 Å². The lowest BCUT2D eigenvalue weighted by atomic mass is 9.35. The van der Waals surface area contributed by atoms with Crippen LogP contribution in [-0.2, 0) is 4.79 Å². The number of hydrogen-bond acceptors (Lipinski definition) is 6. The maximum atomic E-state index is 13.1. The van der Waals surface area contributed by atoms with Crippen LogP contribution in [-0.4, -0.2) is 63.1 Å².